The highest BCUT2D eigenvalue weighted by Crippen LogP contribution is 2.34. The highest BCUT2D eigenvalue weighted by molar-refractivity contribution is 7.18. The number of primary amides is 1. The first-order chi connectivity index (χ1) is 9.50. The monoisotopic (exact) mass is 291 g/mol. The Hall–Kier alpha value is -1.69. The summed E-state index contributed by atoms with van der Waals surface area (Å²) in [5.41, 5.74) is 6.44. The third-order valence-electron chi connectivity index (χ3n) is 3.87. The number of nitrogens with two attached hydrogens (primary N) is 1. The van der Waals surface area contributed by atoms with Gasteiger partial charge in [0.05, 0.1) is 11.7 Å². The first kappa shape index (κ1) is 13.3. The fourth-order valence-corrected chi connectivity index (χ4v) is 4.20. The Morgan fingerprint density at radius 2 is 2.20 bits per heavy atom. The van der Waals surface area contributed by atoms with Gasteiger partial charge in [0, 0.05) is 4.88 Å². The van der Waals surface area contributed by atoms with Crippen molar-refractivity contribution in [1.82, 2.24) is 9.55 Å². The van der Waals surface area contributed by atoms with E-state index in [1.807, 2.05) is 13.8 Å². The molecular weight excluding hydrogens is 274 g/mol. The maximum absolute atomic E-state index is 12.7. The summed E-state index contributed by atoms with van der Waals surface area (Å²) in [6.07, 6.45) is 4.51. The minimum absolute atomic E-state index is 0.0452. The highest BCUT2D eigenvalue weighted by Gasteiger charge is 2.26. The lowest BCUT2D eigenvalue weighted by atomic mass is 10.0. The molecular formula is C14H17N3O2S. The number of aryl methyl sites for hydroxylation is 2. The van der Waals surface area contributed by atoms with Gasteiger partial charge in [0.15, 0.2) is 0 Å². The second-order valence-electron chi connectivity index (χ2n) is 5.59. The van der Waals surface area contributed by atoms with E-state index in [2.05, 4.69) is 4.98 Å². The molecule has 5 nitrogen and oxygen atoms in total. The molecule has 2 heterocycles. The molecule has 1 atom stereocenters. The molecule has 1 aliphatic rings. The molecule has 0 radical (unpaired) electrons. The smallest absolute Gasteiger partial charge is 0.263 e. The minimum Gasteiger partial charge on any atom is -0.368 e. The number of carbonyl (C=O) groups excluding carboxylic acids is 1. The second kappa shape index (κ2) is 4.70. The van der Waals surface area contributed by atoms with Crippen LogP contribution in [0.2, 0.25) is 0 Å². The molecule has 0 bridgehead atoms. The topological polar surface area (TPSA) is 78.0 Å². The average molecular weight is 291 g/mol. The van der Waals surface area contributed by atoms with Crippen LogP contribution in [-0.2, 0) is 17.6 Å². The van der Waals surface area contributed by atoms with Crippen LogP contribution in [0.3, 0.4) is 0 Å². The molecule has 0 fully saturated rings. The van der Waals surface area contributed by atoms with Gasteiger partial charge in [-0.05, 0) is 30.7 Å². The predicted octanol–water partition coefficient (Wildman–Crippen LogP) is 1.63. The first-order valence-corrected chi connectivity index (χ1v) is 7.63. The van der Waals surface area contributed by atoms with Gasteiger partial charge in [-0.15, -0.1) is 11.3 Å². The second-order valence-corrected chi connectivity index (χ2v) is 6.67. The maximum Gasteiger partial charge on any atom is 0.263 e. The third kappa shape index (κ3) is 1.86. The van der Waals surface area contributed by atoms with Crippen molar-refractivity contribution >= 4 is 27.5 Å². The van der Waals surface area contributed by atoms with Crippen LogP contribution < -0.4 is 11.3 Å². The van der Waals surface area contributed by atoms with Gasteiger partial charge in [-0.25, -0.2) is 4.98 Å². The number of hydrogen-bond acceptors (Lipinski definition) is 4. The van der Waals surface area contributed by atoms with E-state index in [1.54, 1.807) is 11.3 Å². The Morgan fingerprint density at radius 3 is 2.85 bits per heavy atom. The molecule has 2 aromatic heterocycles. The average Bonchev–Trinajstić information content (AvgIpc) is 2.91. The Bertz CT molecular complexity index is 745. The minimum atomic E-state index is -0.642. The lowest BCUT2D eigenvalue weighted by molar-refractivity contribution is -0.122. The van der Waals surface area contributed by atoms with Crippen molar-refractivity contribution in [2.45, 2.75) is 39.2 Å². The Morgan fingerprint density at radius 1 is 1.45 bits per heavy atom. The predicted molar refractivity (Wildman–Crippen MR) is 79.0 cm³/mol. The number of carbonyl (C=O) groups is 1. The van der Waals surface area contributed by atoms with Crippen LogP contribution in [0.25, 0.3) is 10.2 Å². The third-order valence-corrected chi connectivity index (χ3v) is 5.07. The van der Waals surface area contributed by atoms with E-state index < -0.39 is 11.9 Å². The lowest BCUT2D eigenvalue weighted by Crippen LogP contribution is -2.37. The fourth-order valence-electron chi connectivity index (χ4n) is 2.98. The van der Waals surface area contributed by atoms with E-state index >= 15 is 0 Å². The standard InChI is InChI=1S/C14H17N3O2S/c1-7(2)11(12(15)18)17-6-16-13-10(14(17)19)8-4-3-5-9(8)20-13/h6-7,11H,3-5H2,1-2H3,(H2,15,18)/t11-/m1/s1. The Kier molecular flexibility index (Phi) is 3.12. The van der Waals surface area contributed by atoms with Gasteiger partial charge >= 0.3 is 0 Å². The van der Waals surface area contributed by atoms with Crippen LogP contribution in [0, 0.1) is 5.92 Å². The number of fused-ring (bicyclic) bond motifs is 3. The summed E-state index contributed by atoms with van der Waals surface area (Å²) in [7, 11) is 0. The largest absolute Gasteiger partial charge is 0.368 e. The molecule has 0 unspecified atom stereocenters. The summed E-state index contributed by atoms with van der Waals surface area (Å²) < 4.78 is 1.40. The molecule has 106 valence electrons. The van der Waals surface area contributed by atoms with Gasteiger partial charge in [0.2, 0.25) is 5.91 Å². The van der Waals surface area contributed by atoms with Crippen molar-refractivity contribution in [3.05, 3.63) is 27.1 Å². The number of thiophene rings is 1. The summed E-state index contributed by atoms with van der Waals surface area (Å²) in [4.78, 5) is 30.8. The zero-order valence-electron chi connectivity index (χ0n) is 11.5. The van der Waals surface area contributed by atoms with Crippen LogP contribution in [0.15, 0.2) is 11.1 Å². The SMILES string of the molecule is CC(C)[C@H](C(N)=O)n1cnc2sc3c(c2c1=O)CCC3. The Labute approximate surface area is 120 Å². The van der Waals surface area contributed by atoms with E-state index in [9.17, 15) is 9.59 Å². The van der Waals surface area contributed by atoms with Crippen LogP contribution >= 0.6 is 11.3 Å². The zero-order valence-corrected chi connectivity index (χ0v) is 12.4. The molecule has 0 saturated carbocycles. The summed E-state index contributed by atoms with van der Waals surface area (Å²) in [5, 5.41) is 0.692. The quantitative estimate of drug-likeness (QED) is 0.933. The zero-order chi connectivity index (χ0) is 14.4. The van der Waals surface area contributed by atoms with Crippen LogP contribution in [0.1, 0.15) is 36.8 Å². The van der Waals surface area contributed by atoms with Crippen molar-refractivity contribution in [3.63, 3.8) is 0 Å². The van der Waals surface area contributed by atoms with Crippen LogP contribution in [0.4, 0.5) is 0 Å². The molecule has 2 aromatic rings. The molecule has 20 heavy (non-hydrogen) atoms. The van der Waals surface area contributed by atoms with E-state index in [1.165, 1.54) is 15.8 Å². The summed E-state index contributed by atoms with van der Waals surface area (Å²) >= 11 is 1.60. The molecule has 1 aliphatic carbocycles. The van der Waals surface area contributed by atoms with Crippen molar-refractivity contribution in [3.8, 4) is 0 Å². The van der Waals surface area contributed by atoms with Gasteiger partial charge in [0.1, 0.15) is 10.9 Å². The number of aromatic nitrogens is 2. The molecule has 0 aliphatic heterocycles. The summed E-state index contributed by atoms with van der Waals surface area (Å²) in [5.74, 6) is -0.536. The molecule has 2 N–H and O–H groups in total. The number of rotatable bonds is 3. The normalized spacial score (nSPS) is 15.8. The van der Waals surface area contributed by atoms with Crippen molar-refractivity contribution in [1.29, 1.82) is 0 Å². The van der Waals surface area contributed by atoms with Gasteiger partial charge in [0.25, 0.3) is 5.56 Å². The van der Waals surface area contributed by atoms with E-state index in [4.69, 9.17) is 5.73 Å². The summed E-state index contributed by atoms with van der Waals surface area (Å²) in [6.45, 7) is 3.76. The van der Waals surface area contributed by atoms with Crippen molar-refractivity contribution in [2.24, 2.45) is 11.7 Å². The van der Waals surface area contributed by atoms with E-state index in [-0.39, 0.29) is 11.5 Å². The Balaban J connectivity index is 2.25. The van der Waals surface area contributed by atoms with E-state index in [0.29, 0.717) is 5.39 Å². The molecule has 0 saturated heterocycles. The molecule has 0 aromatic carbocycles. The van der Waals surface area contributed by atoms with Gasteiger partial charge in [-0.1, -0.05) is 13.8 Å². The van der Waals surface area contributed by atoms with Crippen molar-refractivity contribution in [2.75, 3.05) is 0 Å². The van der Waals surface area contributed by atoms with Gasteiger partial charge in [-0.3, -0.25) is 14.2 Å². The van der Waals surface area contributed by atoms with E-state index in [0.717, 1.165) is 29.7 Å². The maximum atomic E-state index is 12.7. The molecule has 6 heteroatoms. The summed E-state index contributed by atoms with van der Waals surface area (Å²) in [6, 6.07) is -0.642. The van der Waals surface area contributed by atoms with Crippen molar-refractivity contribution < 1.29 is 4.79 Å². The molecule has 1 amide bonds. The highest BCUT2D eigenvalue weighted by atomic mass is 32.1. The van der Waals surface area contributed by atoms with Gasteiger partial charge < -0.3 is 5.73 Å². The number of amides is 1. The van der Waals surface area contributed by atoms with Crippen LogP contribution in [0.5, 0.6) is 0 Å². The van der Waals surface area contributed by atoms with Gasteiger partial charge in [-0.2, -0.15) is 0 Å². The van der Waals surface area contributed by atoms with Crippen LogP contribution in [-0.4, -0.2) is 15.5 Å². The number of hydrogen-bond donors (Lipinski definition) is 1. The number of nitrogens with zero attached hydrogens (tertiary/aromatic N) is 2. The fraction of sp³-hybridized carbons (Fsp3) is 0.500. The molecule has 0 spiro atoms. The lowest BCUT2D eigenvalue weighted by Gasteiger charge is -2.19. The molecule has 3 rings (SSSR count). The first-order valence-electron chi connectivity index (χ1n) is 6.81.